The molecule has 0 saturated heterocycles. The van der Waals surface area contributed by atoms with E-state index in [-0.39, 0.29) is 5.41 Å². The van der Waals surface area contributed by atoms with Gasteiger partial charge >= 0.3 is 0 Å². The molecule has 0 aliphatic carbocycles. The average molecular weight is 387 g/mol. The minimum atomic E-state index is 0.134. The summed E-state index contributed by atoms with van der Waals surface area (Å²) < 4.78 is 1.14. The van der Waals surface area contributed by atoms with Crippen LogP contribution in [0.2, 0.25) is 0 Å². The van der Waals surface area contributed by atoms with E-state index >= 15 is 0 Å². The van der Waals surface area contributed by atoms with Gasteiger partial charge < -0.3 is 0 Å². The summed E-state index contributed by atoms with van der Waals surface area (Å²) in [7, 11) is 0. The van der Waals surface area contributed by atoms with Gasteiger partial charge in [0.15, 0.2) is 0 Å². The molecule has 5 aromatic carbocycles. The van der Waals surface area contributed by atoms with Gasteiger partial charge in [0.25, 0.3) is 0 Å². The maximum absolute atomic E-state index is 3.70. The first kappa shape index (κ1) is 15.2. The molecule has 0 amide bonds. The van der Waals surface area contributed by atoms with Gasteiger partial charge in [-0.1, -0.05) is 79.2 Å². The summed E-state index contributed by atoms with van der Waals surface area (Å²) in [6.07, 6.45) is 0. The van der Waals surface area contributed by atoms with E-state index in [0.29, 0.717) is 0 Å². The van der Waals surface area contributed by atoms with Crippen molar-refractivity contribution in [3.8, 4) is 0 Å². The van der Waals surface area contributed by atoms with E-state index in [1.54, 1.807) is 0 Å². The standard InChI is InChI=1S/C24H19Br/c1-24(2,3)16-10-14-6-4-9-19-21-13-17(25)11-15-7-5-8-18(23(15)21)20(12-16)22(14)19/h4-13H,1-3H3. The van der Waals surface area contributed by atoms with Gasteiger partial charge in [0.05, 0.1) is 0 Å². The van der Waals surface area contributed by atoms with Gasteiger partial charge in [-0.3, -0.25) is 0 Å². The summed E-state index contributed by atoms with van der Waals surface area (Å²) in [6.45, 7) is 6.87. The van der Waals surface area contributed by atoms with Crippen LogP contribution in [0.1, 0.15) is 26.3 Å². The van der Waals surface area contributed by atoms with Gasteiger partial charge in [0, 0.05) is 4.47 Å². The molecule has 0 N–H and O–H groups in total. The molecule has 5 rings (SSSR count). The van der Waals surface area contributed by atoms with Crippen molar-refractivity contribution in [3.05, 3.63) is 70.7 Å². The van der Waals surface area contributed by atoms with Gasteiger partial charge in [-0.25, -0.2) is 0 Å². The van der Waals surface area contributed by atoms with Crippen LogP contribution in [0.4, 0.5) is 0 Å². The number of benzene rings is 5. The molecule has 25 heavy (non-hydrogen) atoms. The molecule has 0 aliphatic rings. The Kier molecular flexibility index (Phi) is 3.00. The van der Waals surface area contributed by atoms with Crippen molar-refractivity contribution in [2.75, 3.05) is 0 Å². The van der Waals surface area contributed by atoms with Gasteiger partial charge in [0.1, 0.15) is 0 Å². The molecule has 0 atom stereocenters. The molecule has 0 unspecified atom stereocenters. The first-order chi connectivity index (χ1) is 11.9. The van der Waals surface area contributed by atoms with Gasteiger partial charge in [-0.15, -0.1) is 0 Å². The Morgan fingerprint density at radius 1 is 0.640 bits per heavy atom. The smallest absolute Gasteiger partial charge is 0.0187 e. The van der Waals surface area contributed by atoms with Crippen molar-refractivity contribution < 1.29 is 0 Å². The molecule has 0 fully saturated rings. The van der Waals surface area contributed by atoms with Crippen molar-refractivity contribution >= 4 is 59.0 Å². The zero-order valence-electron chi connectivity index (χ0n) is 14.7. The summed E-state index contributed by atoms with van der Waals surface area (Å²) >= 11 is 3.70. The van der Waals surface area contributed by atoms with Crippen LogP contribution in [0.25, 0.3) is 43.1 Å². The third kappa shape index (κ3) is 2.12. The lowest BCUT2D eigenvalue weighted by molar-refractivity contribution is 0.592. The predicted octanol–water partition coefficient (Wildman–Crippen LogP) is 7.80. The molecule has 0 nitrogen and oxygen atoms in total. The first-order valence-electron chi connectivity index (χ1n) is 8.74. The molecule has 0 bridgehead atoms. The van der Waals surface area contributed by atoms with Crippen LogP contribution >= 0.6 is 15.9 Å². The maximum Gasteiger partial charge on any atom is 0.0187 e. The lowest BCUT2D eigenvalue weighted by atomic mass is 9.82. The average Bonchev–Trinajstić information content (AvgIpc) is 2.57. The summed E-state index contributed by atoms with van der Waals surface area (Å²) in [4.78, 5) is 0. The maximum atomic E-state index is 3.70. The quantitative estimate of drug-likeness (QED) is 0.188. The van der Waals surface area contributed by atoms with Crippen LogP contribution in [-0.4, -0.2) is 0 Å². The molecule has 5 aromatic rings. The highest BCUT2D eigenvalue weighted by Gasteiger charge is 2.18. The van der Waals surface area contributed by atoms with Crippen LogP contribution < -0.4 is 0 Å². The van der Waals surface area contributed by atoms with Gasteiger partial charge in [0.2, 0.25) is 0 Å². The fourth-order valence-electron chi connectivity index (χ4n) is 4.13. The second-order valence-corrected chi connectivity index (χ2v) is 8.95. The Morgan fingerprint density at radius 3 is 1.80 bits per heavy atom. The van der Waals surface area contributed by atoms with E-state index in [1.807, 2.05) is 0 Å². The summed E-state index contributed by atoms with van der Waals surface area (Å²) in [5.74, 6) is 0. The fraction of sp³-hybridized carbons (Fsp3) is 0.167. The van der Waals surface area contributed by atoms with Crippen molar-refractivity contribution in [3.63, 3.8) is 0 Å². The number of fused-ring (bicyclic) bond motifs is 2. The molecule has 122 valence electrons. The van der Waals surface area contributed by atoms with Crippen LogP contribution in [0.15, 0.2) is 65.1 Å². The number of hydrogen-bond acceptors (Lipinski definition) is 0. The second-order valence-electron chi connectivity index (χ2n) is 8.03. The highest BCUT2D eigenvalue weighted by Crippen LogP contribution is 2.42. The van der Waals surface area contributed by atoms with Crippen LogP contribution in [-0.2, 0) is 5.41 Å². The highest BCUT2D eigenvalue weighted by atomic mass is 79.9. The lowest BCUT2D eigenvalue weighted by Crippen LogP contribution is -2.10. The number of rotatable bonds is 0. The first-order valence-corrected chi connectivity index (χ1v) is 9.53. The Bertz CT molecular complexity index is 1270. The Morgan fingerprint density at radius 2 is 1.20 bits per heavy atom. The normalized spacial score (nSPS) is 12.8. The second kappa shape index (κ2) is 4.95. The molecule has 0 radical (unpaired) electrons. The van der Waals surface area contributed by atoms with Crippen molar-refractivity contribution in [2.24, 2.45) is 0 Å². The monoisotopic (exact) mass is 386 g/mol. The molecule has 0 aliphatic heterocycles. The van der Waals surface area contributed by atoms with Crippen molar-refractivity contribution in [1.29, 1.82) is 0 Å². The van der Waals surface area contributed by atoms with E-state index in [2.05, 4.69) is 97.4 Å². The van der Waals surface area contributed by atoms with Crippen LogP contribution in [0.3, 0.4) is 0 Å². The Hall–Kier alpha value is -2.12. The number of hydrogen-bond donors (Lipinski definition) is 0. The molecule has 0 heterocycles. The van der Waals surface area contributed by atoms with E-state index in [4.69, 9.17) is 0 Å². The Labute approximate surface area is 155 Å². The summed E-state index contributed by atoms with van der Waals surface area (Å²) in [5.41, 5.74) is 1.53. The lowest BCUT2D eigenvalue weighted by Gasteiger charge is -2.22. The zero-order valence-corrected chi connectivity index (χ0v) is 16.2. The highest BCUT2D eigenvalue weighted by molar-refractivity contribution is 9.10. The fourth-order valence-corrected chi connectivity index (χ4v) is 4.60. The molecule has 1 heteroatoms. The summed E-state index contributed by atoms with van der Waals surface area (Å²) in [5, 5.41) is 10.8. The van der Waals surface area contributed by atoms with E-state index < -0.39 is 0 Å². The molecular formula is C24H19Br. The third-order valence-electron chi connectivity index (χ3n) is 5.36. The van der Waals surface area contributed by atoms with Crippen LogP contribution in [0, 0.1) is 0 Å². The topological polar surface area (TPSA) is 0 Å². The number of halogens is 1. The zero-order chi connectivity index (χ0) is 17.3. The Balaban J connectivity index is 2.16. The molecule has 0 aromatic heterocycles. The SMILES string of the molecule is CC(C)(C)c1cc2cccc3c4cc(Br)cc5cccc(c(c1)c23)c54. The van der Waals surface area contributed by atoms with Crippen LogP contribution in [0.5, 0.6) is 0 Å². The van der Waals surface area contributed by atoms with E-state index in [1.165, 1.54) is 48.7 Å². The van der Waals surface area contributed by atoms with Crippen molar-refractivity contribution in [1.82, 2.24) is 0 Å². The minimum absolute atomic E-state index is 0.134. The van der Waals surface area contributed by atoms with E-state index in [0.717, 1.165) is 4.47 Å². The van der Waals surface area contributed by atoms with Gasteiger partial charge in [-0.05, 0) is 72.3 Å². The van der Waals surface area contributed by atoms with E-state index in [9.17, 15) is 0 Å². The third-order valence-corrected chi connectivity index (χ3v) is 5.82. The summed E-state index contributed by atoms with van der Waals surface area (Å²) in [6, 6.07) is 22.6. The largest absolute Gasteiger partial charge is 0.0610 e. The molecule has 0 spiro atoms. The van der Waals surface area contributed by atoms with Crippen molar-refractivity contribution in [2.45, 2.75) is 26.2 Å². The minimum Gasteiger partial charge on any atom is -0.0610 e. The van der Waals surface area contributed by atoms with Gasteiger partial charge in [-0.2, -0.15) is 0 Å². The predicted molar refractivity (Wildman–Crippen MR) is 114 cm³/mol. The molecule has 0 saturated carbocycles. The molecular weight excluding hydrogens is 368 g/mol.